The molecule has 0 aromatic rings. The molecule has 2 rings (SSSR count). The van der Waals surface area contributed by atoms with Crippen molar-refractivity contribution in [2.75, 3.05) is 0 Å². The summed E-state index contributed by atoms with van der Waals surface area (Å²) in [5, 5.41) is 0. The first-order chi connectivity index (χ1) is 9.27. The van der Waals surface area contributed by atoms with Gasteiger partial charge in [-0.3, -0.25) is 0 Å². The molecule has 2 saturated carbocycles. The second-order valence-corrected chi connectivity index (χ2v) is 9.55. The molecule has 0 amide bonds. The molecule has 0 N–H and O–H groups in total. The summed E-state index contributed by atoms with van der Waals surface area (Å²) in [7, 11) is 0. The van der Waals surface area contributed by atoms with Crippen molar-refractivity contribution in [3.05, 3.63) is 0 Å². The Hall–Kier alpha value is 0. The van der Waals surface area contributed by atoms with Crippen LogP contribution in [0.4, 0.5) is 0 Å². The summed E-state index contributed by atoms with van der Waals surface area (Å²) in [6, 6.07) is 0. The van der Waals surface area contributed by atoms with E-state index in [9.17, 15) is 0 Å². The Kier molecular flexibility index (Phi) is 4.92. The first-order valence-electron chi connectivity index (χ1n) is 9.27. The lowest BCUT2D eigenvalue weighted by Crippen LogP contribution is -2.40. The summed E-state index contributed by atoms with van der Waals surface area (Å²) in [5.41, 5.74) is 1.75. The zero-order chi connectivity index (χ0) is 14.9. The molecule has 0 spiro atoms. The van der Waals surface area contributed by atoms with E-state index in [1.54, 1.807) is 0 Å². The van der Waals surface area contributed by atoms with Gasteiger partial charge >= 0.3 is 0 Å². The van der Waals surface area contributed by atoms with Gasteiger partial charge in [0.05, 0.1) is 0 Å². The van der Waals surface area contributed by atoms with Crippen molar-refractivity contribution in [2.24, 2.45) is 22.2 Å². The fourth-order valence-electron chi connectivity index (χ4n) is 5.01. The average molecular weight is 279 g/mol. The number of hydrogen-bond donors (Lipinski definition) is 0. The maximum Gasteiger partial charge on any atom is -0.0269 e. The molecule has 2 aliphatic carbocycles. The Bertz CT molecular complexity index is 306. The van der Waals surface area contributed by atoms with Crippen molar-refractivity contribution in [3.63, 3.8) is 0 Å². The summed E-state index contributed by atoms with van der Waals surface area (Å²) >= 11 is 0. The van der Waals surface area contributed by atoms with E-state index in [1.807, 2.05) is 0 Å². The lowest BCUT2D eigenvalue weighted by molar-refractivity contribution is -0.00449. The van der Waals surface area contributed by atoms with Gasteiger partial charge < -0.3 is 0 Å². The fourth-order valence-corrected chi connectivity index (χ4v) is 5.01. The van der Waals surface area contributed by atoms with Crippen LogP contribution in [-0.2, 0) is 0 Å². The molecule has 0 heteroatoms. The van der Waals surface area contributed by atoms with Gasteiger partial charge in [-0.05, 0) is 60.7 Å². The van der Waals surface area contributed by atoms with E-state index in [0.29, 0.717) is 16.2 Å². The normalized spacial score (nSPS) is 38.5. The van der Waals surface area contributed by atoms with Crippen molar-refractivity contribution in [3.8, 4) is 0 Å². The predicted molar refractivity (Wildman–Crippen MR) is 89.9 cm³/mol. The number of hydrogen-bond acceptors (Lipinski definition) is 0. The third kappa shape index (κ3) is 3.60. The van der Waals surface area contributed by atoms with Crippen molar-refractivity contribution < 1.29 is 0 Å². The number of rotatable bonds is 1. The topological polar surface area (TPSA) is 0 Å². The zero-order valence-corrected chi connectivity index (χ0v) is 14.9. The maximum absolute atomic E-state index is 2.65. The summed E-state index contributed by atoms with van der Waals surface area (Å²) in [4.78, 5) is 0. The summed E-state index contributed by atoms with van der Waals surface area (Å²) in [6.07, 6.45) is 16.1. The standard InChI is InChI=1S/C20H38/c1-17-10-13-18(2,3)14-15-20(5,16-17)19(4)11-8-6-7-9-12-19/h17H,6-16H2,1-5H3. The van der Waals surface area contributed by atoms with Gasteiger partial charge in [0, 0.05) is 0 Å². The second-order valence-electron chi connectivity index (χ2n) is 9.55. The first-order valence-corrected chi connectivity index (χ1v) is 9.27. The van der Waals surface area contributed by atoms with Crippen molar-refractivity contribution in [1.29, 1.82) is 0 Å². The smallest absolute Gasteiger partial charge is 0.0269 e. The zero-order valence-electron chi connectivity index (χ0n) is 14.9. The highest BCUT2D eigenvalue weighted by molar-refractivity contribution is 4.96. The van der Waals surface area contributed by atoms with Gasteiger partial charge in [0.15, 0.2) is 0 Å². The van der Waals surface area contributed by atoms with Crippen molar-refractivity contribution >= 4 is 0 Å². The van der Waals surface area contributed by atoms with E-state index in [0.717, 1.165) is 5.92 Å². The molecule has 0 saturated heterocycles. The van der Waals surface area contributed by atoms with E-state index in [2.05, 4.69) is 34.6 Å². The molecule has 2 fully saturated rings. The minimum atomic E-state index is 0.566. The van der Waals surface area contributed by atoms with Gasteiger partial charge in [-0.15, -0.1) is 0 Å². The van der Waals surface area contributed by atoms with Gasteiger partial charge in [0.25, 0.3) is 0 Å². The Morgan fingerprint density at radius 1 is 0.650 bits per heavy atom. The van der Waals surface area contributed by atoms with E-state index < -0.39 is 0 Å². The van der Waals surface area contributed by atoms with E-state index in [4.69, 9.17) is 0 Å². The minimum absolute atomic E-state index is 0.566. The Labute approximate surface area is 128 Å². The van der Waals surface area contributed by atoms with Crippen LogP contribution in [0.5, 0.6) is 0 Å². The lowest BCUT2D eigenvalue weighted by Gasteiger charge is -2.51. The molecular weight excluding hydrogens is 240 g/mol. The quantitative estimate of drug-likeness (QED) is 0.454. The Balaban J connectivity index is 2.19. The van der Waals surface area contributed by atoms with E-state index >= 15 is 0 Å². The van der Waals surface area contributed by atoms with E-state index in [1.165, 1.54) is 70.6 Å². The van der Waals surface area contributed by atoms with Gasteiger partial charge in [-0.25, -0.2) is 0 Å². The predicted octanol–water partition coefficient (Wildman–Crippen LogP) is 6.98. The molecule has 2 aliphatic rings. The minimum Gasteiger partial charge on any atom is -0.0625 e. The Morgan fingerprint density at radius 2 is 1.25 bits per heavy atom. The van der Waals surface area contributed by atoms with Gasteiger partial charge in [0.2, 0.25) is 0 Å². The molecule has 118 valence electrons. The van der Waals surface area contributed by atoms with E-state index in [-0.39, 0.29) is 0 Å². The van der Waals surface area contributed by atoms with Crippen LogP contribution in [0.25, 0.3) is 0 Å². The molecule has 2 unspecified atom stereocenters. The van der Waals surface area contributed by atoms with Crippen LogP contribution in [-0.4, -0.2) is 0 Å². The van der Waals surface area contributed by atoms with Crippen LogP contribution in [0.2, 0.25) is 0 Å². The van der Waals surface area contributed by atoms with Crippen LogP contribution in [0.3, 0.4) is 0 Å². The van der Waals surface area contributed by atoms with Crippen molar-refractivity contribution in [1.82, 2.24) is 0 Å². The molecule has 0 bridgehead atoms. The molecule has 0 aromatic carbocycles. The van der Waals surface area contributed by atoms with Crippen LogP contribution >= 0.6 is 0 Å². The Morgan fingerprint density at radius 3 is 1.85 bits per heavy atom. The largest absolute Gasteiger partial charge is 0.0625 e. The fraction of sp³-hybridized carbons (Fsp3) is 1.00. The second kappa shape index (κ2) is 6.01. The highest BCUT2D eigenvalue weighted by Crippen LogP contribution is 2.56. The SMILES string of the molecule is CC1CCC(C)(C)CCC(C)(C2(C)CCCCCC2)C1. The molecule has 2 atom stereocenters. The molecule has 0 radical (unpaired) electrons. The van der Waals surface area contributed by atoms with Crippen LogP contribution in [0.1, 0.15) is 105 Å². The van der Waals surface area contributed by atoms with Crippen LogP contribution < -0.4 is 0 Å². The highest BCUT2D eigenvalue weighted by Gasteiger charge is 2.45. The third-order valence-corrected chi connectivity index (χ3v) is 7.13. The van der Waals surface area contributed by atoms with Crippen molar-refractivity contribution in [2.45, 2.75) is 105 Å². The third-order valence-electron chi connectivity index (χ3n) is 7.13. The molecule has 20 heavy (non-hydrogen) atoms. The van der Waals surface area contributed by atoms with Gasteiger partial charge in [-0.1, -0.05) is 66.7 Å². The summed E-state index contributed by atoms with van der Waals surface area (Å²) < 4.78 is 0. The first kappa shape index (κ1) is 16.4. The molecule has 0 aromatic heterocycles. The highest BCUT2D eigenvalue weighted by atomic mass is 14.5. The van der Waals surface area contributed by atoms with Gasteiger partial charge in [0.1, 0.15) is 0 Å². The monoisotopic (exact) mass is 278 g/mol. The molecule has 0 nitrogen and oxygen atoms in total. The molecular formula is C20H38. The average Bonchev–Trinajstić information content (AvgIpc) is 2.60. The van der Waals surface area contributed by atoms with Gasteiger partial charge in [-0.2, -0.15) is 0 Å². The van der Waals surface area contributed by atoms with Crippen LogP contribution in [0, 0.1) is 22.2 Å². The summed E-state index contributed by atoms with van der Waals surface area (Å²) in [6.45, 7) is 12.8. The molecule has 0 aliphatic heterocycles. The maximum atomic E-state index is 2.65. The molecule has 0 heterocycles. The summed E-state index contributed by atoms with van der Waals surface area (Å²) in [5.74, 6) is 0.916. The lowest BCUT2D eigenvalue weighted by atomic mass is 9.54. The van der Waals surface area contributed by atoms with Crippen LogP contribution in [0.15, 0.2) is 0 Å².